The van der Waals surface area contributed by atoms with Crippen molar-refractivity contribution in [2.45, 2.75) is 18.2 Å². The number of phenolic OH excluding ortho intramolecular Hbond substituents is 2. The Morgan fingerprint density at radius 2 is 1.83 bits per heavy atom. The molecule has 1 aromatic rings. The monoisotopic (exact) mass is 273 g/mol. The highest BCUT2D eigenvalue weighted by Crippen LogP contribution is 2.31. The van der Waals surface area contributed by atoms with Crippen LogP contribution in [0.5, 0.6) is 11.5 Å². The topological polar surface area (TPSA) is 104 Å². The lowest BCUT2D eigenvalue weighted by Crippen LogP contribution is -2.23. The molecule has 0 radical (unpaired) electrons. The van der Waals surface area contributed by atoms with Crippen LogP contribution in [0.1, 0.15) is 12.5 Å². The van der Waals surface area contributed by atoms with E-state index in [0.29, 0.717) is 5.56 Å². The van der Waals surface area contributed by atoms with Gasteiger partial charge in [-0.25, -0.2) is 8.42 Å². The molecule has 7 heteroatoms. The Hall–Kier alpha value is -1.76. The second-order valence-corrected chi connectivity index (χ2v) is 5.94. The fourth-order valence-electron chi connectivity index (χ4n) is 1.51. The van der Waals surface area contributed by atoms with Crippen molar-refractivity contribution in [3.8, 4) is 11.5 Å². The van der Waals surface area contributed by atoms with E-state index in [4.69, 9.17) is 0 Å². The predicted octanol–water partition coefficient (Wildman–Crippen LogP) is 0.180. The summed E-state index contributed by atoms with van der Waals surface area (Å²) < 4.78 is 23.1. The van der Waals surface area contributed by atoms with Crippen LogP contribution in [0, 0.1) is 0 Å². The lowest BCUT2D eigenvalue weighted by molar-refractivity contribution is -0.118. The number of rotatable bonds is 4. The second-order valence-electron chi connectivity index (χ2n) is 3.95. The number of hydrogen-bond donors (Lipinski definition) is 3. The van der Waals surface area contributed by atoms with E-state index in [1.54, 1.807) is 0 Å². The van der Waals surface area contributed by atoms with E-state index in [-0.39, 0.29) is 29.5 Å². The number of nitrogens with one attached hydrogen (secondary N) is 1. The zero-order valence-electron chi connectivity index (χ0n) is 10.1. The molecule has 0 atom stereocenters. The van der Waals surface area contributed by atoms with Crippen molar-refractivity contribution in [3.05, 3.63) is 17.7 Å². The van der Waals surface area contributed by atoms with Crippen molar-refractivity contribution in [3.63, 3.8) is 0 Å². The summed E-state index contributed by atoms with van der Waals surface area (Å²) in [6.45, 7) is 1.60. The summed E-state index contributed by atoms with van der Waals surface area (Å²) in [4.78, 5) is 10.7. The Balaban J connectivity index is 3.09. The summed E-state index contributed by atoms with van der Waals surface area (Å²) in [7, 11) is -3.51. The zero-order chi connectivity index (χ0) is 13.9. The van der Waals surface area contributed by atoms with Crippen LogP contribution in [-0.2, 0) is 21.1 Å². The summed E-state index contributed by atoms with van der Waals surface area (Å²) in [6, 6.07) is 2.20. The van der Waals surface area contributed by atoms with Crippen LogP contribution in [0.3, 0.4) is 0 Å². The van der Waals surface area contributed by atoms with Crippen molar-refractivity contribution in [1.29, 1.82) is 0 Å². The quantitative estimate of drug-likeness (QED) is 0.679. The summed E-state index contributed by atoms with van der Waals surface area (Å²) in [5.74, 6) is -1.10. The molecule has 0 bridgehead atoms. The second kappa shape index (κ2) is 5.26. The highest BCUT2D eigenvalue weighted by atomic mass is 32.2. The lowest BCUT2D eigenvalue weighted by atomic mass is 10.1. The maximum absolute atomic E-state index is 11.5. The molecule has 0 fully saturated rings. The third-order valence-corrected chi connectivity index (χ3v) is 3.50. The molecule has 0 unspecified atom stereocenters. The van der Waals surface area contributed by atoms with Gasteiger partial charge < -0.3 is 15.5 Å². The molecule has 0 aromatic heterocycles. The third kappa shape index (κ3) is 3.63. The Morgan fingerprint density at radius 3 is 2.33 bits per heavy atom. The van der Waals surface area contributed by atoms with Gasteiger partial charge in [-0.05, 0) is 18.1 Å². The maximum Gasteiger partial charge on any atom is 0.216 e. The van der Waals surface area contributed by atoms with Gasteiger partial charge in [0.25, 0.3) is 0 Å². The Bertz CT molecular complexity index is 565. The minimum Gasteiger partial charge on any atom is -0.504 e. The van der Waals surface area contributed by atoms with Gasteiger partial charge >= 0.3 is 0 Å². The van der Waals surface area contributed by atoms with Gasteiger partial charge in [-0.2, -0.15) is 0 Å². The van der Waals surface area contributed by atoms with Crippen LogP contribution in [-0.4, -0.2) is 37.3 Å². The van der Waals surface area contributed by atoms with Gasteiger partial charge in [0.15, 0.2) is 21.3 Å². The largest absolute Gasteiger partial charge is 0.504 e. The van der Waals surface area contributed by atoms with E-state index in [9.17, 15) is 23.4 Å². The molecule has 0 aliphatic rings. The number of sulfone groups is 1. The number of benzene rings is 1. The first-order chi connectivity index (χ1) is 8.21. The molecule has 1 amide bonds. The predicted molar refractivity (Wildman–Crippen MR) is 65.3 cm³/mol. The van der Waals surface area contributed by atoms with Crippen molar-refractivity contribution in [1.82, 2.24) is 5.32 Å². The number of aromatic hydroxyl groups is 2. The average Bonchev–Trinajstić information content (AvgIpc) is 2.20. The molecule has 1 rings (SSSR count). The Labute approximate surface area is 105 Å². The molecule has 0 aliphatic heterocycles. The van der Waals surface area contributed by atoms with E-state index < -0.39 is 15.6 Å². The maximum atomic E-state index is 11.5. The first-order valence-electron chi connectivity index (χ1n) is 5.21. The fraction of sp³-hybridized carbons (Fsp3) is 0.364. The molecule has 0 saturated heterocycles. The van der Waals surface area contributed by atoms with Gasteiger partial charge in [-0.3, -0.25) is 4.79 Å². The molecule has 0 heterocycles. The first kappa shape index (κ1) is 14.3. The van der Waals surface area contributed by atoms with E-state index in [1.165, 1.54) is 13.0 Å². The van der Waals surface area contributed by atoms with Gasteiger partial charge in [-0.15, -0.1) is 0 Å². The number of carbonyl (C=O) groups excluding carboxylic acids is 1. The van der Waals surface area contributed by atoms with Gasteiger partial charge in [0.05, 0.1) is 4.90 Å². The SMILES string of the molecule is CC(=O)NCCc1cc(O)c(O)cc1S(C)(=O)=O. The molecule has 0 spiro atoms. The van der Waals surface area contributed by atoms with Crippen LogP contribution < -0.4 is 5.32 Å². The minimum atomic E-state index is -3.51. The normalized spacial score (nSPS) is 11.2. The summed E-state index contributed by atoms with van der Waals surface area (Å²) >= 11 is 0. The molecule has 3 N–H and O–H groups in total. The Morgan fingerprint density at radius 1 is 1.28 bits per heavy atom. The smallest absolute Gasteiger partial charge is 0.216 e. The van der Waals surface area contributed by atoms with Gasteiger partial charge in [0, 0.05) is 25.8 Å². The zero-order valence-corrected chi connectivity index (χ0v) is 10.9. The van der Waals surface area contributed by atoms with E-state index in [1.807, 2.05) is 0 Å². The van der Waals surface area contributed by atoms with Crippen molar-refractivity contribution < 1.29 is 23.4 Å². The number of phenols is 2. The number of amides is 1. The third-order valence-electron chi connectivity index (χ3n) is 2.33. The lowest BCUT2D eigenvalue weighted by Gasteiger charge is -2.10. The van der Waals surface area contributed by atoms with Crippen LogP contribution in [0.15, 0.2) is 17.0 Å². The van der Waals surface area contributed by atoms with E-state index in [0.717, 1.165) is 12.3 Å². The molecule has 0 saturated carbocycles. The van der Waals surface area contributed by atoms with Gasteiger partial charge in [0.2, 0.25) is 5.91 Å². The minimum absolute atomic E-state index is 0.0526. The van der Waals surface area contributed by atoms with Crippen molar-refractivity contribution >= 4 is 15.7 Å². The highest BCUT2D eigenvalue weighted by Gasteiger charge is 2.16. The molecule has 1 aromatic carbocycles. The van der Waals surface area contributed by atoms with E-state index in [2.05, 4.69) is 5.32 Å². The summed E-state index contributed by atoms with van der Waals surface area (Å²) in [5, 5.41) is 21.2. The molecule has 0 aliphatic carbocycles. The summed E-state index contributed by atoms with van der Waals surface area (Å²) in [6.07, 6.45) is 1.26. The highest BCUT2D eigenvalue weighted by molar-refractivity contribution is 7.90. The van der Waals surface area contributed by atoms with Crippen LogP contribution in [0.25, 0.3) is 0 Å². The summed E-state index contributed by atoms with van der Waals surface area (Å²) in [5.41, 5.74) is 0.349. The van der Waals surface area contributed by atoms with Crippen LogP contribution in [0.2, 0.25) is 0 Å². The molecule has 100 valence electrons. The van der Waals surface area contributed by atoms with Crippen molar-refractivity contribution in [2.75, 3.05) is 12.8 Å². The molecule has 18 heavy (non-hydrogen) atoms. The first-order valence-corrected chi connectivity index (χ1v) is 7.10. The molecule has 6 nitrogen and oxygen atoms in total. The standard InChI is InChI=1S/C11H15NO5S/c1-7(13)12-4-3-8-5-9(14)10(15)6-11(8)18(2,16)17/h5-6,14-15H,3-4H2,1-2H3,(H,12,13). The number of hydrogen-bond acceptors (Lipinski definition) is 5. The van der Waals surface area contributed by atoms with Crippen LogP contribution in [0.4, 0.5) is 0 Å². The number of carbonyl (C=O) groups is 1. The van der Waals surface area contributed by atoms with Gasteiger partial charge in [-0.1, -0.05) is 0 Å². The molecular weight excluding hydrogens is 258 g/mol. The van der Waals surface area contributed by atoms with Gasteiger partial charge in [0.1, 0.15) is 0 Å². The van der Waals surface area contributed by atoms with E-state index >= 15 is 0 Å². The Kier molecular flexibility index (Phi) is 4.18. The van der Waals surface area contributed by atoms with Crippen molar-refractivity contribution in [2.24, 2.45) is 0 Å². The molecular formula is C11H15NO5S. The fourth-order valence-corrected chi connectivity index (χ4v) is 2.48. The average molecular weight is 273 g/mol. The van der Waals surface area contributed by atoms with Crippen LogP contribution >= 0.6 is 0 Å².